The Kier molecular flexibility index (Phi) is 4.35. The summed E-state index contributed by atoms with van der Waals surface area (Å²) in [6.07, 6.45) is 0.184. The first kappa shape index (κ1) is 14.1. The summed E-state index contributed by atoms with van der Waals surface area (Å²) in [5.41, 5.74) is 1.15. The zero-order valence-electron chi connectivity index (χ0n) is 11.4. The molecule has 0 spiro atoms. The Morgan fingerprint density at radius 3 is 2.45 bits per heavy atom. The van der Waals surface area contributed by atoms with Crippen molar-refractivity contribution in [2.24, 2.45) is 0 Å². The first-order chi connectivity index (χ1) is 9.63. The fourth-order valence-electron chi connectivity index (χ4n) is 1.94. The largest absolute Gasteiger partial charge is 0.493 e. The zero-order chi connectivity index (χ0) is 14.5. The van der Waals surface area contributed by atoms with Gasteiger partial charge in [-0.05, 0) is 29.8 Å². The van der Waals surface area contributed by atoms with Crippen LogP contribution < -0.4 is 9.47 Å². The molecule has 0 fully saturated rings. The number of ketones is 1. The molecule has 2 rings (SSSR count). The molecule has 0 heterocycles. The topological polar surface area (TPSA) is 35.5 Å². The Hall–Kier alpha value is -2.36. The molecule has 3 nitrogen and oxygen atoms in total. The van der Waals surface area contributed by atoms with Crippen LogP contribution in [0.5, 0.6) is 11.5 Å². The van der Waals surface area contributed by atoms with Crippen LogP contribution in [0.3, 0.4) is 0 Å². The van der Waals surface area contributed by atoms with Gasteiger partial charge in [-0.25, -0.2) is 4.39 Å². The minimum Gasteiger partial charge on any atom is -0.493 e. The van der Waals surface area contributed by atoms with E-state index in [1.165, 1.54) is 25.3 Å². The number of Topliss-reactive ketones (excluding diaryl/α,β-unsaturated/α-hetero) is 1. The molecule has 20 heavy (non-hydrogen) atoms. The second-order valence-electron chi connectivity index (χ2n) is 4.30. The van der Waals surface area contributed by atoms with E-state index >= 15 is 0 Å². The molecular formula is C16H15FO3. The lowest BCUT2D eigenvalue weighted by Crippen LogP contribution is -2.04. The summed E-state index contributed by atoms with van der Waals surface area (Å²) < 4.78 is 23.4. The van der Waals surface area contributed by atoms with E-state index in [1.807, 2.05) is 0 Å². The predicted molar refractivity (Wildman–Crippen MR) is 74.0 cm³/mol. The molecule has 0 bridgehead atoms. The first-order valence-corrected chi connectivity index (χ1v) is 6.13. The fourth-order valence-corrected chi connectivity index (χ4v) is 1.94. The maximum Gasteiger partial charge on any atom is 0.167 e. The third-order valence-electron chi connectivity index (χ3n) is 2.96. The van der Waals surface area contributed by atoms with Gasteiger partial charge in [0.15, 0.2) is 17.3 Å². The van der Waals surface area contributed by atoms with Crippen LogP contribution in [-0.2, 0) is 6.42 Å². The quantitative estimate of drug-likeness (QED) is 0.785. The molecule has 0 aromatic heterocycles. The minimum absolute atomic E-state index is 0.142. The van der Waals surface area contributed by atoms with Crippen LogP contribution in [-0.4, -0.2) is 20.0 Å². The second kappa shape index (κ2) is 6.19. The van der Waals surface area contributed by atoms with Gasteiger partial charge in [-0.3, -0.25) is 4.79 Å². The fraction of sp³-hybridized carbons (Fsp3) is 0.188. The van der Waals surface area contributed by atoms with E-state index in [0.29, 0.717) is 17.1 Å². The second-order valence-corrected chi connectivity index (χ2v) is 4.30. The van der Waals surface area contributed by atoms with Crippen molar-refractivity contribution in [1.29, 1.82) is 0 Å². The molecule has 0 saturated carbocycles. The maximum absolute atomic E-state index is 13.1. The molecule has 2 aromatic rings. The Labute approximate surface area is 117 Å². The molecule has 0 aliphatic carbocycles. The Bertz CT molecular complexity index is 623. The average molecular weight is 274 g/mol. The van der Waals surface area contributed by atoms with Gasteiger partial charge in [0.05, 0.1) is 14.2 Å². The van der Waals surface area contributed by atoms with E-state index in [2.05, 4.69) is 0 Å². The summed E-state index contributed by atoms with van der Waals surface area (Å²) >= 11 is 0. The van der Waals surface area contributed by atoms with Gasteiger partial charge in [0.2, 0.25) is 0 Å². The molecule has 0 radical (unpaired) electrons. The summed E-state index contributed by atoms with van der Waals surface area (Å²) in [5.74, 6) is 0.617. The van der Waals surface area contributed by atoms with Crippen molar-refractivity contribution in [2.45, 2.75) is 6.42 Å². The van der Waals surface area contributed by atoms with Gasteiger partial charge < -0.3 is 9.47 Å². The third kappa shape index (κ3) is 3.15. The van der Waals surface area contributed by atoms with E-state index < -0.39 is 5.82 Å². The highest BCUT2D eigenvalue weighted by atomic mass is 19.1. The van der Waals surface area contributed by atoms with Crippen LogP contribution >= 0.6 is 0 Å². The lowest BCUT2D eigenvalue weighted by molar-refractivity contribution is 0.0992. The Balaban J connectivity index is 2.19. The highest BCUT2D eigenvalue weighted by molar-refractivity contribution is 5.97. The normalized spacial score (nSPS) is 10.2. The lowest BCUT2D eigenvalue weighted by atomic mass is 10.0. The zero-order valence-corrected chi connectivity index (χ0v) is 11.4. The highest BCUT2D eigenvalue weighted by Crippen LogP contribution is 2.28. The number of hydrogen-bond acceptors (Lipinski definition) is 3. The van der Waals surface area contributed by atoms with E-state index in [9.17, 15) is 9.18 Å². The van der Waals surface area contributed by atoms with Crippen molar-refractivity contribution in [2.75, 3.05) is 14.2 Å². The SMILES string of the molecule is COc1ccc(CC(=O)c2cccc(F)c2)cc1OC. The van der Waals surface area contributed by atoms with Crippen molar-refractivity contribution in [3.63, 3.8) is 0 Å². The third-order valence-corrected chi connectivity index (χ3v) is 2.96. The van der Waals surface area contributed by atoms with Crippen molar-refractivity contribution in [3.8, 4) is 11.5 Å². The molecule has 0 atom stereocenters. The molecule has 0 saturated heterocycles. The lowest BCUT2D eigenvalue weighted by Gasteiger charge is -2.09. The number of ether oxygens (including phenoxy) is 2. The van der Waals surface area contributed by atoms with Crippen LogP contribution in [0.4, 0.5) is 4.39 Å². The number of benzene rings is 2. The van der Waals surface area contributed by atoms with Crippen molar-refractivity contribution in [1.82, 2.24) is 0 Å². The molecule has 0 unspecified atom stereocenters. The monoisotopic (exact) mass is 274 g/mol. The number of carbonyl (C=O) groups is 1. The van der Waals surface area contributed by atoms with Gasteiger partial charge in [0, 0.05) is 12.0 Å². The highest BCUT2D eigenvalue weighted by Gasteiger charge is 2.10. The smallest absolute Gasteiger partial charge is 0.167 e. The minimum atomic E-state index is -0.414. The molecule has 0 aliphatic heterocycles. The van der Waals surface area contributed by atoms with Crippen LogP contribution in [0.15, 0.2) is 42.5 Å². The molecule has 0 aliphatic rings. The van der Waals surface area contributed by atoms with Gasteiger partial charge >= 0.3 is 0 Å². The van der Waals surface area contributed by atoms with Crippen molar-refractivity contribution < 1.29 is 18.7 Å². The van der Waals surface area contributed by atoms with Crippen LogP contribution in [0, 0.1) is 5.82 Å². The average Bonchev–Trinajstić information content (AvgIpc) is 2.47. The molecule has 4 heteroatoms. The number of hydrogen-bond donors (Lipinski definition) is 0. The number of halogens is 1. The summed E-state index contributed by atoms with van der Waals surface area (Å²) in [6, 6.07) is 11.0. The van der Waals surface area contributed by atoms with E-state index in [-0.39, 0.29) is 12.2 Å². The van der Waals surface area contributed by atoms with Crippen LogP contribution in [0.2, 0.25) is 0 Å². The standard InChI is InChI=1S/C16H15FO3/c1-19-15-7-6-11(9-16(15)20-2)8-14(18)12-4-3-5-13(17)10-12/h3-7,9-10H,8H2,1-2H3. The van der Waals surface area contributed by atoms with Gasteiger partial charge in [0.25, 0.3) is 0 Å². The van der Waals surface area contributed by atoms with Crippen molar-refractivity contribution in [3.05, 3.63) is 59.4 Å². The first-order valence-electron chi connectivity index (χ1n) is 6.13. The maximum atomic E-state index is 13.1. The van der Waals surface area contributed by atoms with Crippen LogP contribution in [0.25, 0.3) is 0 Å². The van der Waals surface area contributed by atoms with Gasteiger partial charge in [0.1, 0.15) is 5.82 Å². The predicted octanol–water partition coefficient (Wildman–Crippen LogP) is 3.27. The Morgan fingerprint density at radius 2 is 1.80 bits per heavy atom. The summed E-state index contributed by atoms with van der Waals surface area (Å²) in [4.78, 5) is 12.1. The molecule has 104 valence electrons. The summed E-state index contributed by atoms with van der Waals surface area (Å²) in [5, 5.41) is 0. The van der Waals surface area contributed by atoms with E-state index in [1.54, 1.807) is 31.4 Å². The number of methoxy groups -OCH3 is 2. The molecule has 2 aromatic carbocycles. The Morgan fingerprint density at radius 1 is 1.05 bits per heavy atom. The van der Waals surface area contributed by atoms with E-state index in [4.69, 9.17) is 9.47 Å². The van der Waals surface area contributed by atoms with Gasteiger partial charge in [-0.15, -0.1) is 0 Å². The summed E-state index contributed by atoms with van der Waals surface area (Å²) in [7, 11) is 3.09. The van der Waals surface area contributed by atoms with Crippen LogP contribution in [0.1, 0.15) is 15.9 Å². The number of carbonyl (C=O) groups excluding carboxylic acids is 1. The number of rotatable bonds is 5. The van der Waals surface area contributed by atoms with Gasteiger partial charge in [-0.1, -0.05) is 18.2 Å². The van der Waals surface area contributed by atoms with Crippen molar-refractivity contribution >= 4 is 5.78 Å². The summed E-state index contributed by atoms with van der Waals surface area (Å²) in [6.45, 7) is 0. The van der Waals surface area contributed by atoms with Gasteiger partial charge in [-0.2, -0.15) is 0 Å². The molecule has 0 N–H and O–H groups in total. The van der Waals surface area contributed by atoms with E-state index in [0.717, 1.165) is 5.56 Å². The molecule has 0 amide bonds. The molecular weight excluding hydrogens is 259 g/mol.